The topological polar surface area (TPSA) is 69.4 Å². The molecular weight excluding hydrogens is 250 g/mol. The number of primary sulfonamides is 1. The molecule has 0 atom stereocenters. The van der Waals surface area contributed by atoms with Gasteiger partial charge in [0.2, 0.25) is 10.0 Å². The molecule has 18 heavy (non-hydrogen) atoms. The van der Waals surface area contributed by atoms with E-state index in [-0.39, 0.29) is 11.0 Å². The van der Waals surface area contributed by atoms with Gasteiger partial charge in [0.1, 0.15) is 5.75 Å². The van der Waals surface area contributed by atoms with Gasteiger partial charge in [0.25, 0.3) is 0 Å². The molecule has 0 unspecified atom stereocenters. The maximum absolute atomic E-state index is 11.4. The highest BCUT2D eigenvalue weighted by Crippen LogP contribution is 2.29. The molecule has 2 N–H and O–H groups in total. The van der Waals surface area contributed by atoms with E-state index in [0.29, 0.717) is 5.56 Å². The van der Waals surface area contributed by atoms with E-state index in [9.17, 15) is 8.42 Å². The highest BCUT2D eigenvalue weighted by atomic mass is 32.2. The fraction of sp³-hybridized carbons (Fsp3) is 0.538. The van der Waals surface area contributed by atoms with Crippen molar-refractivity contribution in [2.24, 2.45) is 5.14 Å². The van der Waals surface area contributed by atoms with Gasteiger partial charge in [-0.25, -0.2) is 13.6 Å². The molecule has 0 bridgehead atoms. The standard InChI is InChI=1S/C13H19NO3S/c1-9-8-13(18(14,15)16)10(2)7-12(9)17-11-5-3-4-6-11/h7-8,11H,3-6H2,1-2H3,(H2,14,15,16). The van der Waals surface area contributed by atoms with Crippen molar-refractivity contribution in [1.29, 1.82) is 0 Å². The maximum Gasteiger partial charge on any atom is 0.238 e. The van der Waals surface area contributed by atoms with Gasteiger partial charge >= 0.3 is 0 Å². The first-order valence-corrected chi connectivity index (χ1v) is 7.73. The molecule has 100 valence electrons. The Hall–Kier alpha value is -1.07. The van der Waals surface area contributed by atoms with E-state index in [1.165, 1.54) is 12.8 Å². The lowest BCUT2D eigenvalue weighted by Gasteiger charge is -2.17. The lowest BCUT2D eigenvalue weighted by molar-refractivity contribution is 0.208. The minimum absolute atomic E-state index is 0.179. The van der Waals surface area contributed by atoms with Gasteiger partial charge in [-0.15, -0.1) is 0 Å². The van der Waals surface area contributed by atoms with E-state index in [1.54, 1.807) is 19.1 Å². The summed E-state index contributed by atoms with van der Waals surface area (Å²) in [5, 5.41) is 5.17. The third kappa shape index (κ3) is 2.84. The lowest BCUT2D eigenvalue weighted by atomic mass is 10.1. The number of nitrogens with two attached hydrogens (primary N) is 1. The minimum Gasteiger partial charge on any atom is -0.490 e. The SMILES string of the molecule is Cc1cc(S(N)(=O)=O)c(C)cc1OC1CCCC1. The molecule has 2 rings (SSSR count). The van der Waals surface area contributed by atoms with Crippen molar-refractivity contribution in [2.45, 2.75) is 50.5 Å². The van der Waals surface area contributed by atoms with Crippen molar-refractivity contribution in [3.8, 4) is 5.75 Å². The molecule has 1 aromatic carbocycles. The predicted molar refractivity (Wildman–Crippen MR) is 70.2 cm³/mol. The number of ether oxygens (including phenoxy) is 1. The molecule has 0 heterocycles. The molecule has 1 fully saturated rings. The van der Waals surface area contributed by atoms with Crippen LogP contribution in [0.25, 0.3) is 0 Å². The summed E-state index contributed by atoms with van der Waals surface area (Å²) >= 11 is 0. The Balaban J connectivity index is 2.30. The van der Waals surface area contributed by atoms with Crippen LogP contribution in [0.1, 0.15) is 36.8 Å². The van der Waals surface area contributed by atoms with Crippen LogP contribution in [0.2, 0.25) is 0 Å². The second-order valence-electron chi connectivity index (χ2n) is 4.95. The lowest BCUT2D eigenvalue weighted by Crippen LogP contribution is -2.15. The highest BCUT2D eigenvalue weighted by Gasteiger charge is 2.19. The van der Waals surface area contributed by atoms with Gasteiger partial charge in [-0.3, -0.25) is 0 Å². The number of benzene rings is 1. The molecular formula is C13H19NO3S. The van der Waals surface area contributed by atoms with Gasteiger partial charge in [-0.2, -0.15) is 0 Å². The maximum atomic E-state index is 11.4. The van der Waals surface area contributed by atoms with Crippen molar-refractivity contribution in [3.63, 3.8) is 0 Å². The summed E-state index contributed by atoms with van der Waals surface area (Å²) in [4.78, 5) is 0.179. The van der Waals surface area contributed by atoms with E-state index in [0.717, 1.165) is 24.2 Å². The average Bonchev–Trinajstić information content (AvgIpc) is 2.74. The van der Waals surface area contributed by atoms with Crippen LogP contribution in [0, 0.1) is 13.8 Å². The zero-order valence-electron chi connectivity index (χ0n) is 10.8. The Bertz CT molecular complexity index is 546. The zero-order valence-corrected chi connectivity index (χ0v) is 11.6. The third-order valence-electron chi connectivity index (χ3n) is 3.37. The third-order valence-corrected chi connectivity index (χ3v) is 4.43. The summed E-state index contributed by atoms with van der Waals surface area (Å²) in [6.45, 7) is 3.58. The van der Waals surface area contributed by atoms with Crippen LogP contribution in [-0.2, 0) is 10.0 Å². The summed E-state index contributed by atoms with van der Waals surface area (Å²) in [5.41, 5.74) is 1.45. The summed E-state index contributed by atoms with van der Waals surface area (Å²) in [7, 11) is -3.66. The van der Waals surface area contributed by atoms with Gasteiger partial charge in [0, 0.05) is 0 Å². The number of rotatable bonds is 3. The van der Waals surface area contributed by atoms with E-state index < -0.39 is 10.0 Å². The van der Waals surface area contributed by atoms with Crippen molar-refractivity contribution < 1.29 is 13.2 Å². The van der Waals surface area contributed by atoms with Crippen molar-refractivity contribution in [2.75, 3.05) is 0 Å². The molecule has 0 saturated heterocycles. The van der Waals surface area contributed by atoms with Crippen LogP contribution >= 0.6 is 0 Å². The first kappa shape index (κ1) is 13.4. The summed E-state index contributed by atoms with van der Waals surface area (Å²) in [6, 6.07) is 3.36. The Morgan fingerprint density at radius 2 is 1.78 bits per heavy atom. The largest absolute Gasteiger partial charge is 0.490 e. The van der Waals surface area contributed by atoms with Gasteiger partial charge in [-0.1, -0.05) is 0 Å². The van der Waals surface area contributed by atoms with Crippen LogP contribution in [0.4, 0.5) is 0 Å². The monoisotopic (exact) mass is 269 g/mol. The highest BCUT2D eigenvalue weighted by molar-refractivity contribution is 7.89. The number of aryl methyl sites for hydroxylation is 2. The van der Waals surface area contributed by atoms with Crippen LogP contribution in [0.3, 0.4) is 0 Å². The van der Waals surface area contributed by atoms with E-state index in [1.807, 2.05) is 6.92 Å². The predicted octanol–water partition coefficient (Wildman–Crippen LogP) is 2.27. The molecule has 1 aromatic rings. The van der Waals surface area contributed by atoms with Crippen molar-refractivity contribution >= 4 is 10.0 Å². The summed E-state index contributed by atoms with van der Waals surface area (Å²) < 4.78 is 28.7. The molecule has 0 spiro atoms. The van der Waals surface area contributed by atoms with Gasteiger partial charge in [0.05, 0.1) is 11.0 Å². The molecule has 0 amide bonds. The van der Waals surface area contributed by atoms with Crippen LogP contribution < -0.4 is 9.88 Å². The van der Waals surface area contributed by atoms with Gasteiger partial charge in [-0.05, 0) is 62.8 Å². The number of hydrogen-bond donors (Lipinski definition) is 1. The Kier molecular flexibility index (Phi) is 3.64. The first-order valence-electron chi connectivity index (χ1n) is 6.18. The van der Waals surface area contributed by atoms with E-state index in [4.69, 9.17) is 9.88 Å². The van der Waals surface area contributed by atoms with Crippen molar-refractivity contribution in [1.82, 2.24) is 0 Å². The molecule has 1 aliphatic rings. The smallest absolute Gasteiger partial charge is 0.238 e. The fourth-order valence-corrected chi connectivity index (χ4v) is 3.23. The van der Waals surface area contributed by atoms with Crippen LogP contribution in [0.5, 0.6) is 5.75 Å². The molecule has 0 aromatic heterocycles. The molecule has 1 aliphatic carbocycles. The number of hydrogen-bond acceptors (Lipinski definition) is 3. The molecule has 5 heteroatoms. The Morgan fingerprint density at radius 1 is 1.17 bits per heavy atom. The fourth-order valence-electron chi connectivity index (χ4n) is 2.38. The van der Waals surface area contributed by atoms with E-state index >= 15 is 0 Å². The van der Waals surface area contributed by atoms with Crippen LogP contribution in [-0.4, -0.2) is 14.5 Å². The molecule has 0 aliphatic heterocycles. The summed E-state index contributed by atoms with van der Waals surface area (Å²) in [6.07, 6.45) is 4.84. The second kappa shape index (κ2) is 4.90. The summed E-state index contributed by atoms with van der Waals surface area (Å²) in [5.74, 6) is 0.770. The van der Waals surface area contributed by atoms with Gasteiger partial charge < -0.3 is 4.74 Å². The quantitative estimate of drug-likeness (QED) is 0.915. The molecule has 4 nitrogen and oxygen atoms in total. The average molecular weight is 269 g/mol. The second-order valence-corrected chi connectivity index (χ2v) is 6.48. The normalized spacial score (nSPS) is 17.1. The zero-order chi connectivity index (χ0) is 13.3. The number of sulfonamides is 1. The van der Waals surface area contributed by atoms with Gasteiger partial charge in [0.15, 0.2) is 0 Å². The first-order chi connectivity index (χ1) is 8.38. The minimum atomic E-state index is -3.66. The Labute approximate surface area is 108 Å². The van der Waals surface area contributed by atoms with Crippen LogP contribution in [0.15, 0.2) is 17.0 Å². The Morgan fingerprint density at radius 3 is 2.33 bits per heavy atom. The van der Waals surface area contributed by atoms with E-state index in [2.05, 4.69) is 0 Å². The molecule has 1 saturated carbocycles. The molecule has 0 radical (unpaired) electrons. The van der Waals surface area contributed by atoms with Crippen molar-refractivity contribution in [3.05, 3.63) is 23.3 Å².